The number of carbonyl (C=O) groups is 3. The molecule has 2 heterocycles. The Morgan fingerprint density at radius 2 is 2.00 bits per heavy atom. The molecule has 2 aromatic rings. The second kappa shape index (κ2) is 11.8. The standard InChI is InChI=1S/C33H41FN2O5/c1-8-11-27(37)35-25-13-12-21-19(7)24(34)15-26-29(21)28(25)20(9-2)30(36-26)18(6)14-23-22(31(38)17(4)5)16-41-32(39)33(23,40)10-3/h14-15,17,25,40H,8-13,16H2,1-7H3,(H,35,37)/b18-14+. The zero-order valence-corrected chi connectivity index (χ0v) is 25.2. The summed E-state index contributed by atoms with van der Waals surface area (Å²) in [5.74, 6) is -1.73. The van der Waals surface area contributed by atoms with Crippen molar-refractivity contribution in [3.63, 3.8) is 0 Å². The van der Waals surface area contributed by atoms with Crippen molar-refractivity contribution in [1.82, 2.24) is 10.3 Å². The first-order chi connectivity index (χ1) is 19.4. The molecular weight excluding hydrogens is 523 g/mol. The zero-order valence-electron chi connectivity index (χ0n) is 25.2. The third-order valence-corrected chi connectivity index (χ3v) is 8.47. The number of cyclic esters (lactones) is 1. The number of esters is 1. The molecule has 0 radical (unpaired) electrons. The maximum atomic E-state index is 15.1. The minimum atomic E-state index is -1.98. The number of aliphatic hydroxyl groups is 1. The Labute approximate surface area is 241 Å². The van der Waals surface area contributed by atoms with Gasteiger partial charge in [0.2, 0.25) is 5.91 Å². The van der Waals surface area contributed by atoms with Gasteiger partial charge in [0.05, 0.1) is 17.3 Å². The number of carbonyl (C=O) groups excluding carboxylic acids is 3. The predicted octanol–water partition coefficient (Wildman–Crippen LogP) is 5.77. The van der Waals surface area contributed by atoms with Crippen LogP contribution >= 0.6 is 0 Å². The summed E-state index contributed by atoms with van der Waals surface area (Å²) >= 11 is 0. The number of allylic oxidation sites excluding steroid dienone is 1. The van der Waals surface area contributed by atoms with Crippen LogP contribution in [0.3, 0.4) is 0 Å². The lowest BCUT2D eigenvalue weighted by atomic mass is 9.79. The maximum Gasteiger partial charge on any atom is 0.343 e. The molecule has 0 fully saturated rings. The highest BCUT2D eigenvalue weighted by molar-refractivity contribution is 6.03. The molecule has 0 bridgehead atoms. The molecule has 0 saturated carbocycles. The molecule has 0 spiro atoms. The number of benzene rings is 1. The Balaban J connectivity index is 2.02. The van der Waals surface area contributed by atoms with Gasteiger partial charge in [-0.1, -0.05) is 34.6 Å². The first-order valence-electron chi connectivity index (χ1n) is 14.7. The average Bonchev–Trinajstić information content (AvgIpc) is 2.94. The number of aromatic nitrogens is 1. The van der Waals surface area contributed by atoms with E-state index in [2.05, 4.69) is 5.32 Å². The number of hydrogen-bond acceptors (Lipinski definition) is 6. The minimum absolute atomic E-state index is 0.0240. The number of nitrogens with zero attached hydrogens (tertiary/aromatic N) is 1. The van der Waals surface area contributed by atoms with Crippen LogP contribution in [-0.2, 0) is 32.0 Å². The van der Waals surface area contributed by atoms with Gasteiger partial charge in [0.25, 0.3) is 0 Å². The molecule has 0 saturated heterocycles. The van der Waals surface area contributed by atoms with Crippen molar-refractivity contribution in [3.05, 3.63) is 57.1 Å². The number of aryl methyl sites for hydroxylation is 1. The zero-order chi connectivity index (χ0) is 30.2. The summed E-state index contributed by atoms with van der Waals surface area (Å²) in [4.78, 5) is 43.6. The van der Waals surface area contributed by atoms with E-state index in [1.54, 1.807) is 33.8 Å². The maximum absolute atomic E-state index is 15.1. The van der Waals surface area contributed by atoms with Crippen molar-refractivity contribution in [3.8, 4) is 0 Å². The third kappa shape index (κ3) is 5.34. The Morgan fingerprint density at radius 3 is 2.61 bits per heavy atom. The molecule has 1 aromatic heterocycles. The molecule has 220 valence electrons. The molecule has 2 N–H and O–H groups in total. The van der Waals surface area contributed by atoms with Crippen molar-refractivity contribution >= 4 is 34.1 Å². The Morgan fingerprint density at radius 1 is 1.29 bits per heavy atom. The average molecular weight is 565 g/mol. The number of Topliss-reactive ketones (excluding diaryl/α,β-unsaturated/α-hetero) is 1. The van der Waals surface area contributed by atoms with E-state index in [1.807, 2.05) is 20.8 Å². The number of amides is 1. The lowest BCUT2D eigenvalue weighted by Crippen LogP contribution is -2.46. The highest BCUT2D eigenvalue weighted by Gasteiger charge is 2.45. The van der Waals surface area contributed by atoms with E-state index in [0.717, 1.165) is 28.5 Å². The van der Waals surface area contributed by atoms with Gasteiger partial charge in [-0.2, -0.15) is 0 Å². The fraction of sp³-hybridized carbons (Fsp3) is 0.515. The first kappa shape index (κ1) is 30.6. The summed E-state index contributed by atoms with van der Waals surface area (Å²) in [6, 6.07) is 1.19. The minimum Gasteiger partial charge on any atom is -0.458 e. The van der Waals surface area contributed by atoms with E-state index < -0.39 is 11.6 Å². The van der Waals surface area contributed by atoms with E-state index in [9.17, 15) is 19.5 Å². The van der Waals surface area contributed by atoms with Gasteiger partial charge < -0.3 is 15.2 Å². The molecule has 1 amide bonds. The Hall–Kier alpha value is -3.39. The van der Waals surface area contributed by atoms with E-state index in [1.165, 1.54) is 6.07 Å². The van der Waals surface area contributed by atoms with Crippen LogP contribution in [0.25, 0.3) is 16.5 Å². The summed E-state index contributed by atoms with van der Waals surface area (Å²) in [5.41, 5.74) is 3.56. The summed E-state index contributed by atoms with van der Waals surface area (Å²) in [5, 5.41) is 15.5. The van der Waals surface area contributed by atoms with E-state index >= 15 is 4.39 Å². The Bertz CT molecular complexity index is 1490. The van der Waals surface area contributed by atoms with Crippen LogP contribution in [0.1, 0.15) is 101 Å². The van der Waals surface area contributed by atoms with Gasteiger partial charge in [-0.25, -0.2) is 14.2 Å². The molecular formula is C33H41FN2O5. The lowest BCUT2D eigenvalue weighted by Gasteiger charge is -2.33. The highest BCUT2D eigenvalue weighted by Crippen LogP contribution is 2.42. The van der Waals surface area contributed by atoms with Crippen LogP contribution in [0.2, 0.25) is 0 Å². The second-order valence-electron chi connectivity index (χ2n) is 11.5. The molecule has 1 aliphatic carbocycles. The van der Waals surface area contributed by atoms with Crippen molar-refractivity contribution in [2.45, 2.75) is 98.6 Å². The van der Waals surface area contributed by atoms with Gasteiger partial charge in [-0.15, -0.1) is 0 Å². The summed E-state index contributed by atoms with van der Waals surface area (Å²) in [7, 11) is 0. The topological polar surface area (TPSA) is 106 Å². The quantitative estimate of drug-likeness (QED) is 0.375. The SMILES string of the molecule is CCCC(=O)NC1CCc2c(C)c(F)cc3nc(/C(C)=C/C4=C(C(=O)C(C)C)COC(=O)C4(O)CC)c(CC)c1c23. The fourth-order valence-electron chi connectivity index (χ4n) is 6.17. The lowest BCUT2D eigenvalue weighted by molar-refractivity contribution is -0.163. The molecule has 4 rings (SSSR count). The molecule has 2 aliphatic rings. The summed E-state index contributed by atoms with van der Waals surface area (Å²) < 4.78 is 20.3. The van der Waals surface area contributed by atoms with Gasteiger partial charge in [0, 0.05) is 34.9 Å². The number of nitrogens with one attached hydrogen (secondary N) is 1. The molecule has 2 unspecified atom stereocenters. The molecule has 41 heavy (non-hydrogen) atoms. The van der Waals surface area contributed by atoms with Gasteiger partial charge >= 0.3 is 5.97 Å². The fourth-order valence-corrected chi connectivity index (χ4v) is 6.17. The van der Waals surface area contributed by atoms with Gasteiger partial charge in [0.1, 0.15) is 12.4 Å². The van der Waals surface area contributed by atoms with Gasteiger partial charge in [-0.05, 0) is 79.9 Å². The van der Waals surface area contributed by atoms with Crippen molar-refractivity contribution < 1.29 is 28.6 Å². The van der Waals surface area contributed by atoms with Crippen molar-refractivity contribution in [2.75, 3.05) is 6.61 Å². The summed E-state index contributed by atoms with van der Waals surface area (Å²) in [6.45, 7) is 12.5. The van der Waals surface area contributed by atoms with Gasteiger partial charge in [0.15, 0.2) is 11.4 Å². The largest absolute Gasteiger partial charge is 0.458 e. The molecule has 1 aromatic carbocycles. The van der Waals surface area contributed by atoms with Crippen LogP contribution in [0.15, 0.2) is 23.3 Å². The Kier molecular flexibility index (Phi) is 8.83. The first-order valence-corrected chi connectivity index (χ1v) is 14.7. The third-order valence-electron chi connectivity index (χ3n) is 8.47. The monoisotopic (exact) mass is 564 g/mol. The van der Waals surface area contributed by atoms with Crippen LogP contribution < -0.4 is 5.32 Å². The molecule has 8 heteroatoms. The molecule has 7 nitrogen and oxygen atoms in total. The molecule has 1 aliphatic heterocycles. The number of rotatable bonds is 9. The van der Waals surface area contributed by atoms with Crippen LogP contribution in [0, 0.1) is 18.7 Å². The van der Waals surface area contributed by atoms with Crippen LogP contribution in [-0.4, -0.2) is 40.0 Å². The van der Waals surface area contributed by atoms with Crippen LogP contribution in [0.5, 0.6) is 0 Å². The summed E-state index contributed by atoms with van der Waals surface area (Å²) in [6.07, 6.45) is 4.69. The number of ether oxygens (including phenoxy) is 1. The number of ketones is 1. The van der Waals surface area contributed by atoms with E-state index in [-0.39, 0.29) is 53.6 Å². The highest BCUT2D eigenvalue weighted by atomic mass is 19.1. The van der Waals surface area contributed by atoms with E-state index in [0.29, 0.717) is 48.0 Å². The van der Waals surface area contributed by atoms with Gasteiger partial charge in [-0.3, -0.25) is 9.59 Å². The number of pyridine rings is 1. The normalized spacial score (nSPS) is 21.0. The van der Waals surface area contributed by atoms with E-state index in [4.69, 9.17) is 9.72 Å². The van der Waals surface area contributed by atoms with Crippen LogP contribution in [0.4, 0.5) is 4.39 Å². The predicted molar refractivity (Wildman–Crippen MR) is 157 cm³/mol. The van der Waals surface area contributed by atoms with Crippen molar-refractivity contribution in [1.29, 1.82) is 0 Å². The second-order valence-corrected chi connectivity index (χ2v) is 11.5. The van der Waals surface area contributed by atoms with Crippen molar-refractivity contribution in [2.24, 2.45) is 5.92 Å². The smallest absolute Gasteiger partial charge is 0.343 e. The molecule has 2 atom stereocenters. The number of halogens is 1. The number of hydrogen-bond donors (Lipinski definition) is 2.